The summed E-state index contributed by atoms with van der Waals surface area (Å²) in [7, 11) is 0. The first kappa shape index (κ1) is 7.93. The zero-order valence-electron chi connectivity index (χ0n) is 9.44. The summed E-state index contributed by atoms with van der Waals surface area (Å²) < 4.78 is 6.23. The minimum absolute atomic E-state index is 0.326. The molecule has 6 rings (SSSR count). The number of hydrogen-bond acceptors (Lipinski definition) is 2. The van der Waals surface area contributed by atoms with E-state index >= 15 is 0 Å². The van der Waals surface area contributed by atoms with Crippen LogP contribution in [0.15, 0.2) is 30.4 Å². The summed E-state index contributed by atoms with van der Waals surface area (Å²) >= 11 is 0. The highest BCUT2D eigenvalue weighted by Crippen LogP contribution is 2.75. The average molecular weight is 223 g/mol. The second-order valence-electron chi connectivity index (χ2n) is 6.29. The topological polar surface area (TPSA) is 31.2 Å². The van der Waals surface area contributed by atoms with E-state index in [0.717, 1.165) is 6.42 Å². The summed E-state index contributed by atoms with van der Waals surface area (Å²) in [5.74, 6) is 1.85. The first-order valence-corrected chi connectivity index (χ1v) is 6.61. The maximum Gasteiger partial charge on any atom is 0.124 e. The number of ether oxygens (including phenoxy) is 1. The van der Waals surface area contributed by atoms with Gasteiger partial charge in [-0.05, 0) is 18.1 Å². The van der Waals surface area contributed by atoms with Gasteiger partial charge in [-0.3, -0.25) is 0 Å². The fraction of sp³-hybridized carbons (Fsp3) is 0.467. The molecule has 2 spiro atoms. The van der Waals surface area contributed by atoms with Crippen LogP contribution in [0.3, 0.4) is 0 Å². The number of nitrogens with one attached hydrogen (secondary N) is 1. The van der Waals surface area contributed by atoms with Crippen molar-refractivity contribution in [2.75, 3.05) is 0 Å². The minimum Gasteiger partial charge on any atom is -0.489 e. The van der Waals surface area contributed by atoms with Crippen LogP contribution in [0.4, 0.5) is 0 Å². The zero-order chi connectivity index (χ0) is 10.8. The Morgan fingerprint density at radius 3 is 3.35 bits per heavy atom. The summed E-state index contributed by atoms with van der Waals surface area (Å²) in [6, 6.07) is 7.33. The summed E-state index contributed by atoms with van der Waals surface area (Å²) in [5.41, 5.74) is 3.76. The minimum atomic E-state index is 0.326. The van der Waals surface area contributed by atoms with Crippen LogP contribution in [0, 0.1) is 5.92 Å². The van der Waals surface area contributed by atoms with Crippen LogP contribution in [0.5, 0.6) is 5.75 Å². The van der Waals surface area contributed by atoms with Crippen molar-refractivity contribution in [2.45, 2.75) is 35.9 Å². The molecular formula is C15H13NO. The Bertz CT molecular complexity index is 621. The molecule has 1 saturated heterocycles. The quantitative estimate of drug-likeness (QED) is 0.537. The maximum atomic E-state index is 6.23. The standard InChI is InChI=1S/C15H13NO/c1-3-8-12-10(5-1)17-11-6-2-4-9-13-15(8,16-13)7-14(9,11)12/h1-5,9,11,13,16H,6-7H2/t9?,11?,13-,14+,15?/m0/s1. The number of fused-ring (bicyclic) bond motifs is 1. The van der Waals surface area contributed by atoms with Crippen molar-refractivity contribution in [3.8, 4) is 5.75 Å². The van der Waals surface area contributed by atoms with Crippen LogP contribution in [0.25, 0.3) is 0 Å². The molecule has 3 unspecified atom stereocenters. The highest BCUT2D eigenvalue weighted by Gasteiger charge is 2.80. The van der Waals surface area contributed by atoms with Crippen LogP contribution >= 0.6 is 0 Å². The van der Waals surface area contributed by atoms with E-state index in [4.69, 9.17) is 4.74 Å². The van der Waals surface area contributed by atoms with Gasteiger partial charge in [-0.1, -0.05) is 24.3 Å². The largest absolute Gasteiger partial charge is 0.489 e. The molecule has 2 nitrogen and oxygen atoms in total. The summed E-state index contributed by atoms with van der Waals surface area (Å²) in [4.78, 5) is 0. The van der Waals surface area contributed by atoms with Crippen molar-refractivity contribution < 1.29 is 4.74 Å². The van der Waals surface area contributed by atoms with E-state index in [1.807, 2.05) is 0 Å². The third-order valence-electron chi connectivity index (χ3n) is 5.90. The number of rotatable bonds is 0. The molecule has 84 valence electrons. The summed E-state index contributed by atoms with van der Waals surface area (Å²) in [6.07, 6.45) is 7.56. The second kappa shape index (κ2) is 1.95. The third-order valence-corrected chi connectivity index (χ3v) is 5.90. The first-order chi connectivity index (χ1) is 8.36. The molecule has 17 heavy (non-hydrogen) atoms. The van der Waals surface area contributed by atoms with E-state index in [-0.39, 0.29) is 0 Å². The molecule has 1 aromatic rings. The molecule has 2 bridgehead atoms. The van der Waals surface area contributed by atoms with E-state index in [9.17, 15) is 0 Å². The van der Waals surface area contributed by atoms with Gasteiger partial charge >= 0.3 is 0 Å². The molecule has 2 fully saturated rings. The molecule has 2 aliphatic heterocycles. The van der Waals surface area contributed by atoms with Gasteiger partial charge < -0.3 is 10.1 Å². The predicted molar refractivity (Wildman–Crippen MR) is 63.0 cm³/mol. The van der Waals surface area contributed by atoms with Crippen molar-refractivity contribution in [2.24, 2.45) is 5.92 Å². The molecule has 0 radical (unpaired) electrons. The summed E-state index contributed by atoms with van der Waals surface area (Å²) in [5, 5.41) is 3.76. The van der Waals surface area contributed by atoms with Gasteiger partial charge in [-0.2, -0.15) is 0 Å². The molecule has 2 heteroatoms. The fourth-order valence-electron chi connectivity index (χ4n) is 5.38. The Kier molecular flexibility index (Phi) is 0.909. The Morgan fingerprint density at radius 2 is 2.35 bits per heavy atom. The highest BCUT2D eigenvalue weighted by atomic mass is 16.5. The molecule has 1 N–H and O–H groups in total. The van der Waals surface area contributed by atoms with E-state index < -0.39 is 0 Å². The lowest BCUT2D eigenvalue weighted by Crippen LogP contribution is -2.45. The van der Waals surface area contributed by atoms with Crippen molar-refractivity contribution in [1.82, 2.24) is 5.32 Å². The molecule has 1 saturated carbocycles. The molecule has 1 aromatic carbocycles. The summed E-state index contributed by atoms with van der Waals surface area (Å²) in [6.45, 7) is 0. The molecular weight excluding hydrogens is 210 g/mol. The number of hydrogen-bond donors (Lipinski definition) is 1. The number of benzene rings is 1. The SMILES string of the molecule is C1=CC2[C@@H]3NC34C[C@@]23c2c(cccc24)OC3C1. The molecule has 2 heterocycles. The molecule has 0 amide bonds. The second-order valence-corrected chi connectivity index (χ2v) is 6.29. The monoisotopic (exact) mass is 223 g/mol. The van der Waals surface area contributed by atoms with Crippen LogP contribution in [0.2, 0.25) is 0 Å². The van der Waals surface area contributed by atoms with Crippen molar-refractivity contribution in [1.29, 1.82) is 0 Å². The Hall–Kier alpha value is -1.28. The zero-order valence-corrected chi connectivity index (χ0v) is 9.44. The van der Waals surface area contributed by atoms with Crippen LogP contribution < -0.4 is 10.1 Å². The Morgan fingerprint density at radius 1 is 1.35 bits per heavy atom. The van der Waals surface area contributed by atoms with E-state index in [0.29, 0.717) is 29.0 Å². The van der Waals surface area contributed by atoms with Gasteiger partial charge in [-0.25, -0.2) is 0 Å². The molecule has 0 aromatic heterocycles. The van der Waals surface area contributed by atoms with E-state index in [1.54, 1.807) is 11.1 Å². The van der Waals surface area contributed by atoms with Crippen LogP contribution in [0.1, 0.15) is 24.0 Å². The molecule has 5 aliphatic rings. The Balaban J connectivity index is 1.82. The fourth-order valence-corrected chi connectivity index (χ4v) is 5.38. The third kappa shape index (κ3) is 0.551. The Labute approximate surface area is 99.7 Å². The number of piperidine rings is 1. The van der Waals surface area contributed by atoms with Gasteiger partial charge in [0, 0.05) is 29.4 Å². The van der Waals surface area contributed by atoms with Crippen molar-refractivity contribution in [3.63, 3.8) is 0 Å². The van der Waals surface area contributed by atoms with Gasteiger partial charge in [0.2, 0.25) is 0 Å². The van der Waals surface area contributed by atoms with E-state index in [2.05, 4.69) is 35.7 Å². The lowest BCUT2D eigenvalue weighted by atomic mass is 9.65. The first-order valence-electron chi connectivity index (χ1n) is 6.61. The maximum absolute atomic E-state index is 6.23. The van der Waals surface area contributed by atoms with Gasteiger partial charge in [0.1, 0.15) is 11.9 Å². The lowest BCUT2D eigenvalue weighted by molar-refractivity contribution is 0.115. The van der Waals surface area contributed by atoms with Gasteiger partial charge in [0.25, 0.3) is 0 Å². The normalized spacial score (nSPS) is 53.3. The van der Waals surface area contributed by atoms with Gasteiger partial charge in [0.05, 0.1) is 5.54 Å². The van der Waals surface area contributed by atoms with Crippen molar-refractivity contribution in [3.05, 3.63) is 41.5 Å². The smallest absolute Gasteiger partial charge is 0.124 e. The highest BCUT2D eigenvalue weighted by molar-refractivity contribution is 5.66. The predicted octanol–water partition coefficient (Wildman–Crippen LogP) is 1.85. The van der Waals surface area contributed by atoms with Gasteiger partial charge in [-0.15, -0.1) is 0 Å². The molecule has 5 atom stereocenters. The van der Waals surface area contributed by atoms with Crippen LogP contribution in [-0.4, -0.2) is 12.1 Å². The lowest BCUT2D eigenvalue weighted by Gasteiger charge is -2.37. The average Bonchev–Trinajstić information content (AvgIpc) is 2.74. The van der Waals surface area contributed by atoms with Crippen LogP contribution in [-0.2, 0) is 11.0 Å². The van der Waals surface area contributed by atoms with E-state index in [1.165, 1.54) is 12.2 Å². The van der Waals surface area contributed by atoms with Crippen molar-refractivity contribution >= 4 is 0 Å². The van der Waals surface area contributed by atoms with Gasteiger partial charge in [0.15, 0.2) is 0 Å². The molecule has 3 aliphatic carbocycles.